The summed E-state index contributed by atoms with van der Waals surface area (Å²) in [5, 5.41) is 8.02. The minimum atomic E-state index is 0.415. The molecule has 5 heteroatoms. The number of rotatable bonds is 5. The van der Waals surface area contributed by atoms with Gasteiger partial charge in [-0.15, -0.1) is 10.2 Å². The molecule has 0 aliphatic carbocycles. The van der Waals surface area contributed by atoms with E-state index in [1.165, 1.54) is 5.56 Å². The summed E-state index contributed by atoms with van der Waals surface area (Å²) in [4.78, 5) is 2.12. The van der Waals surface area contributed by atoms with E-state index in [1.54, 1.807) is 18.4 Å². The normalized spacial score (nSPS) is 11.1. The third-order valence-corrected chi connectivity index (χ3v) is 2.90. The van der Waals surface area contributed by atoms with Crippen LogP contribution < -0.4 is 0 Å². The first-order chi connectivity index (χ1) is 9.81. The first kappa shape index (κ1) is 12.6. The van der Waals surface area contributed by atoms with Gasteiger partial charge in [0.1, 0.15) is 0 Å². The van der Waals surface area contributed by atoms with Crippen LogP contribution in [0.5, 0.6) is 0 Å². The zero-order valence-electron chi connectivity index (χ0n) is 11.2. The maximum atomic E-state index is 5.58. The van der Waals surface area contributed by atoms with Crippen LogP contribution in [0.25, 0.3) is 11.7 Å². The summed E-state index contributed by atoms with van der Waals surface area (Å²) < 4.78 is 10.8. The van der Waals surface area contributed by atoms with Crippen molar-refractivity contribution in [2.75, 3.05) is 7.05 Å². The lowest BCUT2D eigenvalue weighted by Gasteiger charge is -2.13. The second kappa shape index (κ2) is 5.71. The fraction of sp³-hybridized carbons (Fsp3) is 0.200. The van der Waals surface area contributed by atoms with Crippen LogP contribution in [0.1, 0.15) is 11.5 Å². The van der Waals surface area contributed by atoms with E-state index in [2.05, 4.69) is 27.2 Å². The van der Waals surface area contributed by atoms with Crippen LogP contribution in [-0.4, -0.2) is 22.1 Å². The predicted octanol–water partition coefficient (Wildman–Crippen LogP) is 2.96. The lowest BCUT2D eigenvalue weighted by atomic mass is 10.2. The minimum Gasteiger partial charge on any atom is -0.459 e. The van der Waals surface area contributed by atoms with Gasteiger partial charge in [0.2, 0.25) is 5.89 Å². The van der Waals surface area contributed by atoms with Gasteiger partial charge in [0.15, 0.2) is 5.76 Å². The molecule has 0 amide bonds. The van der Waals surface area contributed by atoms with E-state index >= 15 is 0 Å². The van der Waals surface area contributed by atoms with Gasteiger partial charge < -0.3 is 8.83 Å². The number of hydrogen-bond acceptors (Lipinski definition) is 5. The van der Waals surface area contributed by atoms with Crippen molar-refractivity contribution < 1.29 is 8.83 Å². The SMILES string of the molecule is CN(Cc1ccccc1)Cc1nnc(-c2ccco2)o1. The lowest BCUT2D eigenvalue weighted by Crippen LogP contribution is -2.17. The molecule has 0 fully saturated rings. The molecule has 0 bridgehead atoms. The van der Waals surface area contributed by atoms with Crippen LogP contribution in [0.4, 0.5) is 0 Å². The van der Waals surface area contributed by atoms with Crippen molar-refractivity contribution in [3.8, 4) is 11.7 Å². The van der Waals surface area contributed by atoms with Gasteiger partial charge in [0.25, 0.3) is 5.89 Å². The van der Waals surface area contributed by atoms with Gasteiger partial charge >= 0.3 is 0 Å². The Morgan fingerprint density at radius 2 is 1.85 bits per heavy atom. The summed E-state index contributed by atoms with van der Waals surface area (Å²) in [7, 11) is 2.02. The molecule has 2 heterocycles. The Balaban J connectivity index is 1.63. The standard InChI is InChI=1S/C15H15N3O2/c1-18(10-12-6-3-2-4-7-12)11-14-16-17-15(20-14)13-8-5-9-19-13/h2-9H,10-11H2,1H3. The quantitative estimate of drug-likeness (QED) is 0.712. The van der Waals surface area contributed by atoms with E-state index in [9.17, 15) is 0 Å². The van der Waals surface area contributed by atoms with Gasteiger partial charge in [-0.25, -0.2) is 0 Å². The Morgan fingerprint density at radius 1 is 1.00 bits per heavy atom. The summed E-state index contributed by atoms with van der Waals surface area (Å²) >= 11 is 0. The lowest BCUT2D eigenvalue weighted by molar-refractivity contribution is 0.282. The average Bonchev–Trinajstić information content (AvgIpc) is 3.10. The molecule has 0 atom stereocenters. The van der Waals surface area contributed by atoms with Crippen LogP contribution in [0, 0.1) is 0 Å². The highest BCUT2D eigenvalue weighted by Gasteiger charge is 2.12. The third kappa shape index (κ3) is 2.95. The Kier molecular flexibility index (Phi) is 3.60. The molecule has 0 aliphatic rings. The largest absolute Gasteiger partial charge is 0.459 e. The molecule has 20 heavy (non-hydrogen) atoms. The Labute approximate surface area is 116 Å². The zero-order chi connectivity index (χ0) is 13.8. The molecule has 0 unspecified atom stereocenters. The van der Waals surface area contributed by atoms with Crippen molar-refractivity contribution in [2.24, 2.45) is 0 Å². The van der Waals surface area contributed by atoms with E-state index in [0.717, 1.165) is 6.54 Å². The van der Waals surface area contributed by atoms with Crippen LogP contribution in [0.3, 0.4) is 0 Å². The number of hydrogen-bond donors (Lipinski definition) is 0. The summed E-state index contributed by atoms with van der Waals surface area (Å²) in [6.07, 6.45) is 1.58. The van der Waals surface area contributed by atoms with E-state index in [4.69, 9.17) is 8.83 Å². The second-order valence-corrected chi connectivity index (χ2v) is 4.64. The summed E-state index contributed by atoms with van der Waals surface area (Å²) in [6, 6.07) is 13.9. The monoisotopic (exact) mass is 269 g/mol. The van der Waals surface area contributed by atoms with Gasteiger partial charge in [-0.2, -0.15) is 0 Å². The molecule has 0 spiro atoms. The van der Waals surface area contributed by atoms with Gasteiger partial charge in [0, 0.05) is 6.54 Å². The summed E-state index contributed by atoms with van der Waals surface area (Å²) in [5.74, 6) is 1.59. The highest BCUT2D eigenvalue weighted by atomic mass is 16.4. The highest BCUT2D eigenvalue weighted by molar-refractivity contribution is 5.42. The zero-order valence-corrected chi connectivity index (χ0v) is 11.2. The van der Waals surface area contributed by atoms with E-state index in [-0.39, 0.29) is 0 Å². The Hall–Kier alpha value is -2.40. The molecule has 0 saturated heterocycles. The molecule has 0 aliphatic heterocycles. The van der Waals surface area contributed by atoms with Gasteiger partial charge in [-0.05, 0) is 24.7 Å². The van der Waals surface area contributed by atoms with Crippen molar-refractivity contribution in [2.45, 2.75) is 13.1 Å². The van der Waals surface area contributed by atoms with Crippen LogP contribution in [0.2, 0.25) is 0 Å². The number of furan rings is 1. The molecule has 0 radical (unpaired) electrons. The molecule has 3 aromatic rings. The van der Waals surface area contributed by atoms with Crippen LogP contribution in [-0.2, 0) is 13.1 Å². The average molecular weight is 269 g/mol. The van der Waals surface area contributed by atoms with Gasteiger partial charge in [-0.1, -0.05) is 30.3 Å². The molecule has 102 valence electrons. The summed E-state index contributed by atoms with van der Waals surface area (Å²) in [6.45, 7) is 1.43. The molecule has 2 aromatic heterocycles. The van der Waals surface area contributed by atoms with Crippen molar-refractivity contribution >= 4 is 0 Å². The maximum absolute atomic E-state index is 5.58. The molecule has 3 rings (SSSR count). The van der Waals surface area contributed by atoms with Crippen LogP contribution in [0.15, 0.2) is 57.6 Å². The van der Waals surface area contributed by atoms with Gasteiger partial charge in [0.05, 0.1) is 12.8 Å². The molecule has 5 nitrogen and oxygen atoms in total. The third-order valence-electron chi connectivity index (χ3n) is 2.90. The molecule has 0 saturated carbocycles. The van der Waals surface area contributed by atoms with Gasteiger partial charge in [-0.3, -0.25) is 4.90 Å². The smallest absolute Gasteiger partial charge is 0.283 e. The van der Waals surface area contributed by atoms with Crippen molar-refractivity contribution in [1.29, 1.82) is 0 Å². The number of nitrogens with zero attached hydrogens (tertiary/aromatic N) is 3. The van der Waals surface area contributed by atoms with Crippen molar-refractivity contribution in [3.63, 3.8) is 0 Å². The molecule has 0 N–H and O–H groups in total. The molecule has 1 aromatic carbocycles. The molecular formula is C15H15N3O2. The Bertz CT molecular complexity index is 647. The maximum Gasteiger partial charge on any atom is 0.283 e. The predicted molar refractivity (Wildman–Crippen MR) is 73.6 cm³/mol. The number of aromatic nitrogens is 2. The fourth-order valence-electron chi connectivity index (χ4n) is 2.00. The number of benzene rings is 1. The van der Waals surface area contributed by atoms with Crippen molar-refractivity contribution in [3.05, 3.63) is 60.2 Å². The molecular weight excluding hydrogens is 254 g/mol. The first-order valence-corrected chi connectivity index (χ1v) is 6.40. The Morgan fingerprint density at radius 3 is 2.60 bits per heavy atom. The second-order valence-electron chi connectivity index (χ2n) is 4.64. The van der Waals surface area contributed by atoms with E-state index in [0.29, 0.717) is 24.1 Å². The van der Waals surface area contributed by atoms with E-state index < -0.39 is 0 Å². The van der Waals surface area contributed by atoms with Crippen LogP contribution >= 0.6 is 0 Å². The minimum absolute atomic E-state index is 0.415. The van der Waals surface area contributed by atoms with E-state index in [1.807, 2.05) is 25.2 Å². The summed E-state index contributed by atoms with van der Waals surface area (Å²) in [5.41, 5.74) is 1.25. The first-order valence-electron chi connectivity index (χ1n) is 6.40. The fourth-order valence-corrected chi connectivity index (χ4v) is 2.00. The van der Waals surface area contributed by atoms with Crippen molar-refractivity contribution in [1.82, 2.24) is 15.1 Å². The topological polar surface area (TPSA) is 55.3 Å². The highest BCUT2D eigenvalue weighted by Crippen LogP contribution is 2.18.